The lowest BCUT2D eigenvalue weighted by Gasteiger charge is -2.46. The molecule has 2 unspecified atom stereocenters. The van der Waals surface area contributed by atoms with Crippen LogP contribution < -0.4 is 5.73 Å². The molecular weight excluding hydrogens is 250 g/mol. The van der Waals surface area contributed by atoms with E-state index in [1.54, 1.807) is 7.11 Å². The molecular formula is C16H27N3O. The van der Waals surface area contributed by atoms with Crippen molar-refractivity contribution in [3.8, 4) is 0 Å². The Morgan fingerprint density at radius 1 is 1.50 bits per heavy atom. The standard InChI is InChI=1S/C16H27N3O/c1-13-6-4-7-14(18-13)11-19(2)16(12-17)9-5-8-15(10-16)20-3/h4,6-7,15H,5,8-12,17H2,1-3H3. The average molecular weight is 277 g/mol. The Labute approximate surface area is 122 Å². The topological polar surface area (TPSA) is 51.4 Å². The van der Waals surface area contributed by atoms with Crippen LogP contribution >= 0.6 is 0 Å². The van der Waals surface area contributed by atoms with Crippen LogP contribution in [0.25, 0.3) is 0 Å². The van der Waals surface area contributed by atoms with E-state index in [0.717, 1.165) is 37.2 Å². The zero-order valence-corrected chi connectivity index (χ0v) is 12.9. The second kappa shape index (κ2) is 6.66. The van der Waals surface area contributed by atoms with Crippen LogP contribution in [0.3, 0.4) is 0 Å². The van der Waals surface area contributed by atoms with Gasteiger partial charge in [0.2, 0.25) is 0 Å². The molecule has 0 aliphatic heterocycles. The predicted octanol–water partition coefficient (Wildman–Crippen LogP) is 2.11. The van der Waals surface area contributed by atoms with Crippen LogP contribution in [-0.2, 0) is 11.3 Å². The molecule has 0 aromatic carbocycles. The van der Waals surface area contributed by atoms with E-state index in [9.17, 15) is 0 Å². The number of pyridine rings is 1. The maximum absolute atomic E-state index is 6.12. The number of likely N-dealkylation sites (N-methyl/N-ethyl adjacent to an activating group) is 1. The first-order valence-corrected chi connectivity index (χ1v) is 7.46. The van der Waals surface area contributed by atoms with Gasteiger partial charge in [-0.2, -0.15) is 0 Å². The predicted molar refractivity (Wildman–Crippen MR) is 81.5 cm³/mol. The number of aromatic nitrogens is 1. The fraction of sp³-hybridized carbons (Fsp3) is 0.688. The number of nitrogens with two attached hydrogens (primary N) is 1. The number of nitrogens with zero attached hydrogens (tertiary/aromatic N) is 2. The van der Waals surface area contributed by atoms with Crippen LogP contribution in [0.1, 0.15) is 37.1 Å². The highest BCUT2D eigenvalue weighted by molar-refractivity contribution is 5.10. The van der Waals surface area contributed by atoms with Crippen LogP contribution in [-0.4, -0.2) is 42.2 Å². The zero-order chi connectivity index (χ0) is 14.6. The normalized spacial score (nSPS) is 26.9. The van der Waals surface area contributed by atoms with Crippen molar-refractivity contribution in [1.82, 2.24) is 9.88 Å². The summed E-state index contributed by atoms with van der Waals surface area (Å²) >= 11 is 0. The van der Waals surface area contributed by atoms with Gasteiger partial charge in [0.1, 0.15) is 0 Å². The SMILES string of the molecule is COC1CCCC(CN)(N(C)Cc2cccc(C)n2)C1. The maximum atomic E-state index is 6.12. The Morgan fingerprint density at radius 2 is 2.30 bits per heavy atom. The Balaban J connectivity index is 2.10. The van der Waals surface area contributed by atoms with Crippen molar-refractivity contribution in [3.63, 3.8) is 0 Å². The molecule has 0 amide bonds. The fourth-order valence-electron chi connectivity index (χ4n) is 3.27. The minimum absolute atomic E-state index is 0.0460. The van der Waals surface area contributed by atoms with Gasteiger partial charge in [0.05, 0.1) is 11.8 Å². The number of hydrogen-bond donors (Lipinski definition) is 1. The second-order valence-electron chi connectivity index (χ2n) is 6.01. The lowest BCUT2D eigenvalue weighted by Crippen LogP contribution is -2.55. The molecule has 0 saturated heterocycles. The number of ether oxygens (including phenoxy) is 1. The van der Waals surface area contributed by atoms with Gasteiger partial charge in [-0.15, -0.1) is 0 Å². The van der Waals surface area contributed by atoms with Crippen LogP contribution in [0, 0.1) is 6.92 Å². The van der Waals surface area contributed by atoms with Gasteiger partial charge in [-0.05, 0) is 51.8 Å². The van der Waals surface area contributed by atoms with Gasteiger partial charge in [-0.25, -0.2) is 0 Å². The highest BCUT2D eigenvalue weighted by atomic mass is 16.5. The van der Waals surface area contributed by atoms with Gasteiger partial charge in [0.15, 0.2) is 0 Å². The summed E-state index contributed by atoms with van der Waals surface area (Å²) in [7, 11) is 3.97. The molecule has 2 rings (SSSR count). The molecule has 0 spiro atoms. The Hall–Kier alpha value is -0.970. The summed E-state index contributed by atoms with van der Waals surface area (Å²) in [5.74, 6) is 0. The monoisotopic (exact) mass is 277 g/mol. The van der Waals surface area contributed by atoms with Gasteiger partial charge in [0, 0.05) is 31.4 Å². The summed E-state index contributed by atoms with van der Waals surface area (Å²) in [5.41, 5.74) is 8.34. The molecule has 20 heavy (non-hydrogen) atoms. The van der Waals surface area contributed by atoms with Crippen molar-refractivity contribution in [2.75, 3.05) is 20.7 Å². The molecule has 1 saturated carbocycles. The molecule has 1 aliphatic carbocycles. The molecule has 1 aromatic heterocycles. The molecule has 1 aliphatic rings. The molecule has 1 heterocycles. The van der Waals surface area contributed by atoms with Gasteiger partial charge in [-0.1, -0.05) is 6.07 Å². The van der Waals surface area contributed by atoms with Gasteiger partial charge >= 0.3 is 0 Å². The third-order valence-corrected chi connectivity index (χ3v) is 4.64. The van der Waals surface area contributed by atoms with E-state index >= 15 is 0 Å². The van der Waals surface area contributed by atoms with Crippen molar-refractivity contribution in [1.29, 1.82) is 0 Å². The molecule has 2 N–H and O–H groups in total. The van der Waals surface area contributed by atoms with E-state index in [1.165, 1.54) is 6.42 Å². The maximum Gasteiger partial charge on any atom is 0.0589 e. The summed E-state index contributed by atoms with van der Waals surface area (Å²) in [5, 5.41) is 0. The molecule has 0 bridgehead atoms. The van der Waals surface area contributed by atoms with Crippen LogP contribution in [0.4, 0.5) is 0 Å². The van der Waals surface area contributed by atoms with E-state index in [-0.39, 0.29) is 5.54 Å². The van der Waals surface area contributed by atoms with Gasteiger partial charge < -0.3 is 10.5 Å². The van der Waals surface area contributed by atoms with Gasteiger partial charge in [-0.3, -0.25) is 9.88 Å². The first kappa shape index (κ1) is 15.4. The lowest BCUT2D eigenvalue weighted by molar-refractivity contribution is -0.0153. The smallest absolute Gasteiger partial charge is 0.0589 e. The highest BCUT2D eigenvalue weighted by Crippen LogP contribution is 2.34. The number of rotatable bonds is 5. The fourth-order valence-corrected chi connectivity index (χ4v) is 3.27. The molecule has 112 valence electrons. The second-order valence-corrected chi connectivity index (χ2v) is 6.01. The molecule has 1 aromatic rings. The first-order valence-electron chi connectivity index (χ1n) is 7.46. The molecule has 0 radical (unpaired) electrons. The number of methoxy groups -OCH3 is 1. The number of aryl methyl sites for hydroxylation is 1. The molecule has 1 fully saturated rings. The van der Waals surface area contributed by atoms with Crippen LogP contribution in [0.15, 0.2) is 18.2 Å². The Bertz CT molecular complexity index is 437. The minimum atomic E-state index is 0.0460. The van der Waals surface area contributed by atoms with Crippen molar-refractivity contribution in [2.45, 2.75) is 50.8 Å². The van der Waals surface area contributed by atoms with E-state index in [2.05, 4.69) is 29.1 Å². The van der Waals surface area contributed by atoms with Crippen molar-refractivity contribution in [2.24, 2.45) is 5.73 Å². The summed E-state index contributed by atoms with van der Waals surface area (Å²) in [4.78, 5) is 6.97. The van der Waals surface area contributed by atoms with Crippen molar-refractivity contribution < 1.29 is 4.74 Å². The Kier molecular flexibility index (Phi) is 5.13. The lowest BCUT2D eigenvalue weighted by atomic mass is 9.78. The van der Waals surface area contributed by atoms with Crippen LogP contribution in [0.2, 0.25) is 0 Å². The third kappa shape index (κ3) is 3.37. The highest BCUT2D eigenvalue weighted by Gasteiger charge is 2.38. The van der Waals surface area contributed by atoms with E-state index < -0.39 is 0 Å². The summed E-state index contributed by atoms with van der Waals surface area (Å²) in [6, 6.07) is 6.19. The molecule has 4 heteroatoms. The first-order chi connectivity index (χ1) is 9.59. The zero-order valence-electron chi connectivity index (χ0n) is 12.9. The van der Waals surface area contributed by atoms with Gasteiger partial charge in [0.25, 0.3) is 0 Å². The van der Waals surface area contributed by atoms with E-state index in [4.69, 9.17) is 10.5 Å². The van der Waals surface area contributed by atoms with Crippen molar-refractivity contribution in [3.05, 3.63) is 29.6 Å². The van der Waals surface area contributed by atoms with E-state index in [0.29, 0.717) is 12.6 Å². The van der Waals surface area contributed by atoms with Crippen LogP contribution in [0.5, 0.6) is 0 Å². The summed E-state index contributed by atoms with van der Waals surface area (Å²) < 4.78 is 5.57. The van der Waals surface area contributed by atoms with E-state index in [1.807, 2.05) is 13.0 Å². The Morgan fingerprint density at radius 3 is 2.95 bits per heavy atom. The largest absolute Gasteiger partial charge is 0.381 e. The molecule has 4 nitrogen and oxygen atoms in total. The summed E-state index contributed by atoms with van der Waals surface area (Å²) in [6.07, 6.45) is 4.82. The quantitative estimate of drug-likeness (QED) is 0.895. The van der Waals surface area contributed by atoms with Crippen molar-refractivity contribution >= 4 is 0 Å². The summed E-state index contributed by atoms with van der Waals surface area (Å²) in [6.45, 7) is 3.55. The molecule has 2 atom stereocenters. The number of hydrogen-bond acceptors (Lipinski definition) is 4. The minimum Gasteiger partial charge on any atom is -0.381 e. The average Bonchev–Trinajstić information content (AvgIpc) is 2.47. The third-order valence-electron chi connectivity index (χ3n) is 4.64.